The van der Waals surface area contributed by atoms with Gasteiger partial charge in [-0.05, 0) is 62.8 Å². The van der Waals surface area contributed by atoms with Crippen LogP contribution >= 0.6 is 0 Å². The Labute approximate surface area is 91.7 Å². The van der Waals surface area contributed by atoms with Gasteiger partial charge in [-0.25, -0.2) is 13.1 Å². The molecule has 0 amide bonds. The summed E-state index contributed by atoms with van der Waals surface area (Å²) in [7, 11) is -1.48. The summed E-state index contributed by atoms with van der Waals surface area (Å²) in [5.74, 6) is 2.60. The molecule has 3 nitrogen and oxygen atoms in total. The zero-order valence-corrected chi connectivity index (χ0v) is 9.96. The molecule has 0 aliphatic heterocycles. The summed E-state index contributed by atoms with van der Waals surface area (Å²) in [5.41, 5.74) is 0. The van der Waals surface area contributed by atoms with Crippen molar-refractivity contribution in [3.63, 3.8) is 0 Å². The van der Waals surface area contributed by atoms with E-state index in [1.165, 1.54) is 32.1 Å². The SMILES string of the molecule is CNS(=O)(=O)C1C2CC3CC(C2)CC1C3. The van der Waals surface area contributed by atoms with Crippen molar-refractivity contribution in [2.75, 3.05) is 7.05 Å². The molecule has 86 valence electrons. The third-order valence-corrected chi connectivity index (χ3v) is 6.84. The summed E-state index contributed by atoms with van der Waals surface area (Å²) >= 11 is 0. The molecule has 4 aliphatic carbocycles. The molecule has 0 unspecified atom stereocenters. The Morgan fingerprint density at radius 2 is 1.40 bits per heavy atom. The van der Waals surface area contributed by atoms with Crippen LogP contribution in [-0.2, 0) is 10.0 Å². The van der Waals surface area contributed by atoms with E-state index in [2.05, 4.69) is 4.72 Å². The highest BCUT2D eigenvalue weighted by molar-refractivity contribution is 7.90. The quantitative estimate of drug-likeness (QED) is 0.777. The molecule has 0 aromatic heterocycles. The molecule has 4 heteroatoms. The number of rotatable bonds is 2. The summed E-state index contributed by atoms with van der Waals surface area (Å²) in [4.78, 5) is 0. The van der Waals surface area contributed by atoms with Crippen LogP contribution in [0.2, 0.25) is 0 Å². The van der Waals surface area contributed by atoms with Crippen LogP contribution in [0.4, 0.5) is 0 Å². The molecule has 0 heterocycles. The van der Waals surface area contributed by atoms with E-state index >= 15 is 0 Å². The lowest BCUT2D eigenvalue weighted by molar-refractivity contribution is 0.0235. The number of hydrogen-bond donors (Lipinski definition) is 1. The van der Waals surface area contributed by atoms with Gasteiger partial charge >= 0.3 is 0 Å². The minimum Gasteiger partial charge on any atom is -0.218 e. The van der Waals surface area contributed by atoms with E-state index in [4.69, 9.17) is 0 Å². The first-order chi connectivity index (χ1) is 7.10. The fraction of sp³-hybridized carbons (Fsp3) is 1.00. The Morgan fingerprint density at radius 3 is 1.80 bits per heavy atom. The average Bonchev–Trinajstić information content (AvgIpc) is 2.15. The third kappa shape index (κ3) is 1.45. The summed E-state index contributed by atoms with van der Waals surface area (Å²) in [6.07, 6.45) is 6.04. The van der Waals surface area contributed by atoms with Crippen LogP contribution in [0, 0.1) is 23.7 Å². The molecule has 1 N–H and O–H groups in total. The summed E-state index contributed by atoms with van der Waals surface area (Å²) < 4.78 is 26.5. The Morgan fingerprint density at radius 1 is 0.933 bits per heavy atom. The van der Waals surface area contributed by atoms with Crippen molar-refractivity contribution >= 4 is 10.0 Å². The first-order valence-electron chi connectivity index (χ1n) is 6.02. The molecule has 0 aromatic carbocycles. The van der Waals surface area contributed by atoms with Crippen LogP contribution in [-0.4, -0.2) is 20.7 Å². The van der Waals surface area contributed by atoms with E-state index in [0.717, 1.165) is 11.8 Å². The van der Waals surface area contributed by atoms with E-state index in [1.807, 2.05) is 0 Å². The van der Waals surface area contributed by atoms with Crippen LogP contribution in [0.3, 0.4) is 0 Å². The number of sulfonamides is 1. The molecule has 0 spiro atoms. The Hall–Kier alpha value is -0.0900. The molecular weight excluding hydrogens is 210 g/mol. The van der Waals surface area contributed by atoms with Gasteiger partial charge in [0, 0.05) is 0 Å². The topological polar surface area (TPSA) is 46.2 Å². The average molecular weight is 229 g/mol. The molecule has 4 aliphatic rings. The smallest absolute Gasteiger partial charge is 0.214 e. The molecule has 0 saturated heterocycles. The maximum Gasteiger partial charge on any atom is 0.214 e. The van der Waals surface area contributed by atoms with Gasteiger partial charge in [-0.15, -0.1) is 0 Å². The van der Waals surface area contributed by atoms with E-state index in [9.17, 15) is 8.42 Å². The largest absolute Gasteiger partial charge is 0.218 e. The lowest BCUT2D eigenvalue weighted by Gasteiger charge is -2.53. The van der Waals surface area contributed by atoms with Gasteiger partial charge in [-0.3, -0.25) is 0 Å². The Kier molecular flexibility index (Phi) is 2.15. The lowest BCUT2D eigenvalue weighted by Crippen LogP contribution is -2.53. The minimum absolute atomic E-state index is 0.0738. The predicted molar refractivity (Wildman–Crippen MR) is 58.8 cm³/mol. The highest BCUT2D eigenvalue weighted by Crippen LogP contribution is 2.55. The van der Waals surface area contributed by atoms with Crippen molar-refractivity contribution in [2.45, 2.75) is 37.4 Å². The molecular formula is C11H19NO2S. The van der Waals surface area contributed by atoms with Crippen molar-refractivity contribution < 1.29 is 8.42 Å². The summed E-state index contributed by atoms with van der Waals surface area (Å²) in [6, 6.07) is 0. The van der Waals surface area contributed by atoms with Crippen molar-refractivity contribution in [3.05, 3.63) is 0 Å². The summed E-state index contributed by atoms with van der Waals surface area (Å²) in [5, 5.41) is -0.0738. The van der Waals surface area contributed by atoms with E-state index in [1.54, 1.807) is 7.05 Å². The second-order valence-corrected chi connectivity index (χ2v) is 7.69. The third-order valence-electron chi connectivity index (χ3n) is 4.78. The molecule has 15 heavy (non-hydrogen) atoms. The normalized spacial score (nSPS) is 48.5. The zero-order valence-electron chi connectivity index (χ0n) is 9.15. The van der Waals surface area contributed by atoms with Gasteiger partial charge in [-0.2, -0.15) is 0 Å². The monoisotopic (exact) mass is 229 g/mol. The molecule has 4 saturated carbocycles. The van der Waals surface area contributed by atoms with E-state index in [0.29, 0.717) is 11.8 Å². The van der Waals surface area contributed by atoms with Crippen LogP contribution in [0.1, 0.15) is 32.1 Å². The maximum atomic E-state index is 12.0. The molecule has 4 rings (SSSR count). The number of hydrogen-bond acceptors (Lipinski definition) is 2. The van der Waals surface area contributed by atoms with Crippen molar-refractivity contribution in [1.82, 2.24) is 4.72 Å². The second kappa shape index (κ2) is 3.20. The Bertz CT molecular complexity index is 335. The minimum atomic E-state index is -3.03. The van der Waals surface area contributed by atoms with Crippen LogP contribution < -0.4 is 4.72 Å². The standard InChI is InChI=1S/C11H19NO2S/c1-12-15(13,14)11-9-3-7-2-8(5-9)6-10(11)4-7/h7-12H,2-6H2,1H3. The first kappa shape index (κ1) is 10.1. The predicted octanol–water partition coefficient (Wildman–Crippen LogP) is 1.36. The van der Waals surface area contributed by atoms with Gasteiger partial charge in [-0.1, -0.05) is 0 Å². The van der Waals surface area contributed by atoms with Crippen LogP contribution in [0.25, 0.3) is 0 Å². The van der Waals surface area contributed by atoms with Crippen molar-refractivity contribution in [3.8, 4) is 0 Å². The fourth-order valence-electron chi connectivity index (χ4n) is 4.52. The highest BCUT2D eigenvalue weighted by Gasteiger charge is 2.52. The first-order valence-corrected chi connectivity index (χ1v) is 7.57. The summed E-state index contributed by atoms with van der Waals surface area (Å²) in [6.45, 7) is 0. The molecule has 0 aromatic rings. The molecule has 4 fully saturated rings. The van der Waals surface area contributed by atoms with Gasteiger partial charge < -0.3 is 0 Å². The van der Waals surface area contributed by atoms with Crippen LogP contribution in [0.5, 0.6) is 0 Å². The molecule has 0 atom stereocenters. The molecule has 4 bridgehead atoms. The van der Waals surface area contributed by atoms with Crippen molar-refractivity contribution in [1.29, 1.82) is 0 Å². The Balaban J connectivity index is 1.92. The molecule has 0 radical (unpaired) electrons. The fourth-order valence-corrected chi connectivity index (χ4v) is 6.25. The van der Waals surface area contributed by atoms with Gasteiger partial charge in [0.25, 0.3) is 0 Å². The maximum absolute atomic E-state index is 12.0. The lowest BCUT2D eigenvalue weighted by atomic mass is 9.56. The van der Waals surface area contributed by atoms with Gasteiger partial charge in [0.1, 0.15) is 0 Å². The van der Waals surface area contributed by atoms with Crippen molar-refractivity contribution in [2.24, 2.45) is 23.7 Å². The van der Waals surface area contributed by atoms with Gasteiger partial charge in [0.05, 0.1) is 5.25 Å². The second-order valence-electron chi connectivity index (χ2n) is 5.64. The van der Waals surface area contributed by atoms with E-state index in [-0.39, 0.29) is 5.25 Å². The highest BCUT2D eigenvalue weighted by atomic mass is 32.2. The van der Waals surface area contributed by atoms with Crippen LogP contribution in [0.15, 0.2) is 0 Å². The zero-order chi connectivity index (χ0) is 10.6. The number of nitrogens with one attached hydrogen (secondary N) is 1. The van der Waals surface area contributed by atoms with E-state index < -0.39 is 10.0 Å². The van der Waals surface area contributed by atoms with Gasteiger partial charge in [0.15, 0.2) is 0 Å². The van der Waals surface area contributed by atoms with Gasteiger partial charge in [0.2, 0.25) is 10.0 Å².